The molecule has 1 saturated heterocycles. The minimum absolute atomic E-state index is 0.0738. The van der Waals surface area contributed by atoms with Crippen molar-refractivity contribution < 1.29 is 4.79 Å². The predicted octanol–water partition coefficient (Wildman–Crippen LogP) is 1.97. The molecule has 1 amide bonds. The van der Waals surface area contributed by atoms with Gasteiger partial charge in [-0.25, -0.2) is 0 Å². The number of amides is 1. The van der Waals surface area contributed by atoms with E-state index >= 15 is 0 Å². The zero-order valence-electron chi connectivity index (χ0n) is 13.6. The van der Waals surface area contributed by atoms with Crippen LogP contribution < -0.4 is 5.73 Å². The Kier molecular flexibility index (Phi) is 6.16. The lowest BCUT2D eigenvalue weighted by Crippen LogP contribution is -2.45. The fourth-order valence-electron chi connectivity index (χ4n) is 3.03. The summed E-state index contributed by atoms with van der Waals surface area (Å²) < 4.78 is 0. The molecule has 1 aliphatic rings. The van der Waals surface area contributed by atoms with E-state index in [1.54, 1.807) is 0 Å². The quantitative estimate of drug-likeness (QED) is 0.874. The smallest absolute Gasteiger partial charge is 0.239 e. The van der Waals surface area contributed by atoms with Gasteiger partial charge in [-0.2, -0.15) is 0 Å². The third-order valence-electron chi connectivity index (χ3n) is 4.25. The van der Waals surface area contributed by atoms with Crippen LogP contribution in [0.3, 0.4) is 0 Å². The highest BCUT2D eigenvalue weighted by Crippen LogP contribution is 2.19. The fourth-order valence-corrected chi connectivity index (χ4v) is 3.03. The van der Waals surface area contributed by atoms with E-state index in [0.717, 1.165) is 32.6 Å². The molecule has 0 saturated carbocycles. The Hall–Kier alpha value is -1.65. The second-order valence-corrected chi connectivity index (χ2v) is 5.79. The number of nitrogens with two attached hydrogens (primary N) is 1. The largest absolute Gasteiger partial charge is 0.342 e. The molecule has 1 heterocycles. The van der Waals surface area contributed by atoms with Crippen molar-refractivity contribution in [1.29, 1.82) is 0 Å². The highest BCUT2D eigenvalue weighted by atomic mass is 16.2. The molecule has 0 aromatic heterocycles. The van der Waals surface area contributed by atoms with E-state index < -0.39 is 0 Å². The van der Waals surface area contributed by atoms with Crippen molar-refractivity contribution in [3.8, 4) is 0 Å². The van der Waals surface area contributed by atoms with Crippen LogP contribution in [0.4, 0.5) is 0 Å². The summed E-state index contributed by atoms with van der Waals surface area (Å²) in [6.07, 6.45) is 4.98. The Labute approximate surface area is 133 Å². The van der Waals surface area contributed by atoms with E-state index in [1.165, 1.54) is 5.56 Å². The van der Waals surface area contributed by atoms with Crippen molar-refractivity contribution in [3.05, 3.63) is 42.0 Å². The summed E-state index contributed by atoms with van der Waals surface area (Å²) >= 11 is 0. The first kappa shape index (κ1) is 16.7. The first-order chi connectivity index (χ1) is 10.7. The van der Waals surface area contributed by atoms with Crippen LogP contribution in [0.2, 0.25) is 0 Å². The molecular weight excluding hydrogens is 274 g/mol. The summed E-state index contributed by atoms with van der Waals surface area (Å²) in [5, 5.41) is 0. The van der Waals surface area contributed by atoms with Crippen LogP contribution in [0.25, 0.3) is 6.08 Å². The Bertz CT molecular complexity index is 496. The molecule has 4 nitrogen and oxygen atoms in total. The molecule has 0 spiro atoms. The molecule has 2 rings (SSSR count). The SMILES string of the molecule is CCN(CC)C(=O)[C@@H]1C[C@@H](N)CN1C/C=C/c1ccccc1. The van der Waals surface area contributed by atoms with Gasteiger partial charge >= 0.3 is 0 Å². The molecule has 2 N–H and O–H groups in total. The third kappa shape index (κ3) is 4.18. The second kappa shape index (κ2) is 8.11. The maximum absolute atomic E-state index is 12.6. The van der Waals surface area contributed by atoms with Crippen molar-refractivity contribution >= 4 is 12.0 Å². The van der Waals surface area contributed by atoms with Gasteiger partial charge in [0, 0.05) is 32.2 Å². The van der Waals surface area contributed by atoms with Crippen LogP contribution in [0, 0.1) is 0 Å². The number of carbonyl (C=O) groups is 1. The standard InChI is InChI=1S/C18H27N3O/c1-3-20(4-2)18(22)17-13-16(19)14-21(17)12-8-11-15-9-6-5-7-10-15/h5-11,16-17H,3-4,12-14,19H2,1-2H3/b11-8+/t16-,17+/m1/s1. The van der Waals surface area contributed by atoms with Crippen LogP contribution >= 0.6 is 0 Å². The molecule has 1 aromatic carbocycles. The fraction of sp³-hybridized carbons (Fsp3) is 0.500. The highest BCUT2D eigenvalue weighted by Gasteiger charge is 2.36. The lowest BCUT2D eigenvalue weighted by molar-refractivity contribution is -0.135. The molecule has 0 radical (unpaired) electrons. The van der Waals surface area contributed by atoms with Gasteiger partial charge in [-0.1, -0.05) is 42.5 Å². The number of carbonyl (C=O) groups excluding carboxylic acids is 1. The minimum atomic E-state index is -0.0738. The van der Waals surface area contributed by atoms with Gasteiger partial charge in [0.2, 0.25) is 5.91 Å². The Morgan fingerprint density at radius 3 is 2.64 bits per heavy atom. The molecule has 22 heavy (non-hydrogen) atoms. The zero-order chi connectivity index (χ0) is 15.9. The van der Waals surface area contributed by atoms with Gasteiger partial charge in [0.15, 0.2) is 0 Å². The van der Waals surface area contributed by atoms with E-state index in [9.17, 15) is 4.79 Å². The number of likely N-dealkylation sites (tertiary alicyclic amines) is 1. The average Bonchev–Trinajstić information content (AvgIpc) is 2.90. The second-order valence-electron chi connectivity index (χ2n) is 5.79. The maximum atomic E-state index is 12.6. The van der Waals surface area contributed by atoms with E-state index in [1.807, 2.05) is 36.9 Å². The Balaban J connectivity index is 1.99. The first-order valence-corrected chi connectivity index (χ1v) is 8.15. The lowest BCUT2D eigenvalue weighted by atomic mass is 10.1. The van der Waals surface area contributed by atoms with Gasteiger partial charge in [-0.3, -0.25) is 9.69 Å². The molecule has 1 aromatic rings. The Morgan fingerprint density at radius 1 is 1.32 bits per heavy atom. The number of hydrogen-bond acceptors (Lipinski definition) is 3. The number of nitrogens with zero attached hydrogens (tertiary/aromatic N) is 2. The number of hydrogen-bond donors (Lipinski definition) is 1. The van der Waals surface area contributed by atoms with Crippen molar-refractivity contribution in [1.82, 2.24) is 9.80 Å². The molecule has 1 aliphatic heterocycles. The number of benzene rings is 1. The van der Waals surface area contributed by atoms with Crippen LogP contribution in [-0.4, -0.2) is 54.0 Å². The number of rotatable bonds is 6. The minimum Gasteiger partial charge on any atom is -0.342 e. The van der Waals surface area contributed by atoms with Gasteiger partial charge in [0.05, 0.1) is 6.04 Å². The lowest BCUT2D eigenvalue weighted by Gasteiger charge is -2.28. The molecule has 4 heteroatoms. The molecule has 2 atom stereocenters. The molecule has 120 valence electrons. The highest BCUT2D eigenvalue weighted by molar-refractivity contribution is 5.82. The van der Waals surface area contributed by atoms with Crippen LogP contribution in [-0.2, 0) is 4.79 Å². The summed E-state index contributed by atoms with van der Waals surface area (Å²) in [6, 6.07) is 10.2. The van der Waals surface area contributed by atoms with Crippen molar-refractivity contribution in [2.75, 3.05) is 26.2 Å². The molecule has 0 bridgehead atoms. The van der Waals surface area contributed by atoms with E-state index in [-0.39, 0.29) is 18.0 Å². The Morgan fingerprint density at radius 2 is 2.00 bits per heavy atom. The van der Waals surface area contributed by atoms with Crippen molar-refractivity contribution in [3.63, 3.8) is 0 Å². The topological polar surface area (TPSA) is 49.6 Å². The van der Waals surface area contributed by atoms with E-state index in [0.29, 0.717) is 0 Å². The average molecular weight is 301 g/mol. The summed E-state index contributed by atoms with van der Waals surface area (Å²) in [6.45, 7) is 7.12. The third-order valence-corrected chi connectivity index (χ3v) is 4.25. The summed E-state index contributed by atoms with van der Waals surface area (Å²) in [4.78, 5) is 16.7. The van der Waals surface area contributed by atoms with Gasteiger partial charge < -0.3 is 10.6 Å². The van der Waals surface area contributed by atoms with E-state index in [4.69, 9.17) is 5.73 Å². The van der Waals surface area contributed by atoms with Crippen LogP contribution in [0.5, 0.6) is 0 Å². The van der Waals surface area contributed by atoms with Crippen LogP contribution in [0.15, 0.2) is 36.4 Å². The summed E-state index contributed by atoms with van der Waals surface area (Å²) in [5.41, 5.74) is 7.26. The molecule has 0 aliphatic carbocycles. The van der Waals surface area contributed by atoms with Crippen LogP contribution in [0.1, 0.15) is 25.8 Å². The number of likely N-dealkylation sites (N-methyl/N-ethyl adjacent to an activating group) is 1. The van der Waals surface area contributed by atoms with Gasteiger partial charge in [-0.05, 0) is 25.8 Å². The molecule has 1 fully saturated rings. The maximum Gasteiger partial charge on any atom is 0.239 e. The van der Waals surface area contributed by atoms with Gasteiger partial charge in [-0.15, -0.1) is 0 Å². The normalized spacial score (nSPS) is 22.3. The van der Waals surface area contributed by atoms with Crippen molar-refractivity contribution in [2.45, 2.75) is 32.4 Å². The van der Waals surface area contributed by atoms with E-state index in [2.05, 4.69) is 29.2 Å². The molecular formula is C18H27N3O. The monoisotopic (exact) mass is 301 g/mol. The van der Waals surface area contributed by atoms with Gasteiger partial charge in [0.25, 0.3) is 0 Å². The molecule has 0 unspecified atom stereocenters. The van der Waals surface area contributed by atoms with Crippen molar-refractivity contribution in [2.24, 2.45) is 5.73 Å². The summed E-state index contributed by atoms with van der Waals surface area (Å²) in [5.74, 6) is 0.214. The summed E-state index contributed by atoms with van der Waals surface area (Å²) in [7, 11) is 0. The first-order valence-electron chi connectivity index (χ1n) is 8.15. The zero-order valence-corrected chi connectivity index (χ0v) is 13.6. The van der Waals surface area contributed by atoms with Gasteiger partial charge in [0.1, 0.15) is 0 Å². The predicted molar refractivity (Wildman–Crippen MR) is 91.4 cm³/mol.